The van der Waals surface area contributed by atoms with E-state index in [1.165, 1.54) is 0 Å². The van der Waals surface area contributed by atoms with Crippen LogP contribution in [0.25, 0.3) is 10.8 Å². The van der Waals surface area contributed by atoms with Crippen molar-refractivity contribution in [3.05, 3.63) is 42.5 Å². The van der Waals surface area contributed by atoms with Crippen LogP contribution in [0.1, 0.15) is 26.7 Å². The highest BCUT2D eigenvalue weighted by Gasteiger charge is 2.18. The molecule has 0 aliphatic carbocycles. The maximum Gasteiger partial charge on any atom is 0.230 e. The topological polar surface area (TPSA) is 95.1 Å². The highest BCUT2D eigenvalue weighted by molar-refractivity contribution is 6.02. The zero-order valence-corrected chi connectivity index (χ0v) is 15.2. The fourth-order valence-electron chi connectivity index (χ4n) is 2.72. The van der Waals surface area contributed by atoms with Gasteiger partial charge >= 0.3 is 0 Å². The number of hydrogen-bond donors (Lipinski definition) is 2. The number of fused-ring (bicyclic) bond motifs is 1. The third kappa shape index (κ3) is 6.13. The number of carboxylic acid groups (broad SMARTS) is 1. The molecule has 0 bridgehead atoms. The maximum absolute atomic E-state index is 12.3. The van der Waals surface area contributed by atoms with Crippen molar-refractivity contribution in [1.29, 1.82) is 0 Å². The Kier molecular flexibility index (Phi) is 7.56. The summed E-state index contributed by atoms with van der Waals surface area (Å²) >= 11 is 0. The van der Waals surface area contributed by atoms with Gasteiger partial charge in [0.2, 0.25) is 5.91 Å². The van der Waals surface area contributed by atoms with E-state index in [0.29, 0.717) is 25.3 Å². The van der Waals surface area contributed by atoms with E-state index in [1.807, 2.05) is 50.2 Å². The summed E-state index contributed by atoms with van der Waals surface area (Å²) in [4.78, 5) is 23.6. The first-order valence-electron chi connectivity index (χ1n) is 8.90. The second-order valence-electron chi connectivity index (χ2n) is 6.50. The summed E-state index contributed by atoms with van der Waals surface area (Å²) in [5, 5.41) is 17.7. The molecule has 6 heteroatoms. The van der Waals surface area contributed by atoms with Crippen molar-refractivity contribution in [2.75, 3.05) is 18.5 Å². The second kappa shape index (κ2) is 9.89. The van der Waals surface area contributed by atoms with Crippen LogP contribution in [0, 0.1) is 0 Å². The van der Waals surface area contributed by atoms with Crippen molar-refractivity contribution in [2.24, 2.45) is 0 Å². The van der Waals surface area contributed by atoms with Crippen LogP contribution >= 0.6 is 0 Å². The summed E-state index contributed by atoms with van der Waals surface area (Å²) in [5.41, 5.74) is 0.676. The number of aliphatic carboxylic acids is 1. The standard InChI is InChI=1S/C20H26N2O4/c1-14(2)26-12-6-11-21-18(20(24)25)13-19(23)22-17-10-5-8-15-7-3-4-9-16(15)17/h3-5,7-10,14,18,21H,6,11-13H2,1-2H3,(H,22,23)(H,24,25)/t18-/m0/s1. The normalized spacial score (nSPS) is 12.3. The van der Waals surface area contributed by atoms with Gasteiger partial charge in [-0.3, -0.25) is 4.79 Å². The smallest absolute Gasteiger partial charge is 0.230 e. The predicted molar refractivity (Wildman–Crippen MR) is 98.5 cm³/mol. The quantitative estimate of drug-likeness (QED) is 0.610. The van der Waals surface area contributed by atoms with Crippen molar-refractivity contribution in [1.82, 2.24) is 0 Å². The average Bonchev–Trinajstić information content (AvgIpc) is 2.60. The fraction of sp³-hybridized carbons (Fsp3) is 0.400. The Morgan fingerprint density at radius 2 is 1.88 bits per heavy atom. The minimum absolute atomic E-state index is 0.142. The molecule has 0 saturated carbocycles. The summed E-state index contributed by atoms with van der Waals surface area (Å²) in [6.07, 6.45) is 0.724. The number of carbonyl (C=O) groups is 2. The largest absolute Gasteiger partial charge is 0.544 e. The highest BCUT2D eigenvalue weighted by Crippen LogP contribution is 2.22. The first-order chi connectivity index (χ1) is 12.5. The van der Waals surface area contributed by atoms with Gasteiger partial charge < -0.3 is 25.3 Å². The molecule has 2 aromatic rings. The van der Waals surface area contributed by atoms with Crippen molar-refractivity contribution in [2.45, 2.75) is 38.8 Å². The number of amides is 1. The number of benzene rings is 2. The predicted octanol–water partition coefficient (Wildman–Crippen LogP) is 0.665. The van der Waals surface area contributed by atoms with Crippen LogP contribution in [0.4, 0.5) is 5.69 Å². The first-order valence-corrected chi connectivity index (χ1v) is 8.90. The van der Waals surface area contributed by atoms with Gasteiger partial charge in [-0.25, -0.2) is 0 Å². The summed E-state index contributed by atoms with van der Waals surface area (Å²) in [5.74, 6) is -1.58. The van der Waals surface area contributed by atoms with Gasteiger partial charge in [-0.15, -0.1) is 0 Å². The molecule has 3 N–H and O–H groups in total. The van der Waals surface area contributed by atoms with E-state index in [1.54, 1.807) is 11.4 Å². The average molecular weight is 358 g/mol. The van der Waals surface area contributed by atoms with Crippen LogP contribution < -0.4 is 15.7 Å². The Hall–Kier alpha value is -2.44. The summed E-state index contributed by atoms with van der Waals surface area (Å²) in [6.45, 7) is 5.03. The van der Waals surface area contributed by atoms with E-state index in [-0.39, 0.29) is 18.4 Å². The van der Waals surface area contributed by atoms with Crippen LogP contribution in [-0.2, 0) is 14.3 Å². The van der Waals surface area contributed by atoms with Crippen LogP contribution in [0.2, 0.25) is 0 Å². The Balaban J connectivity index is 1.90. The van der Waals surface area contributed by atoms with Gasteiger partial charge in [-0.1, -0.05) is 36.4 Å². The molecule has 0 unspecified atom stereocenters. The van der Waals surface area contributed by atoms with E-state index in [0.717, 1.165) is 10.8 Å². The molecule has 0 saturated heterocycles. The third-order valence-electron chi connectivity index (χ3n) is 4.02. The number of anilines is 1. The fourth-order valence-corrected chi connectivity index (χ4v) is 2.72. The van der Waals surface area contributed by atoms with Crippen LogP contribution in [-0.4, -0.2) is 37.2 Å². The molecule has 0 aromatic heterocycles. The van der Waals surface area contributed by atoms with Crippen LogP contribution in [0.15, 0.2) is 42.5 Å². The van der Waals surface area contributed by atoms with Crippen LogP contribution in [0.3, 0.4) is 0 Å². The zero-order valence-electron chi connectivity index (χ0n) is 15.2. The first kappa shape index (κ1) is 19.9. The monoisotopic (exact) mass is 358 g/mol. The van der Waals surface area contributed by atoms with Gasteiger partial charge in [-0.2, -0.15) is 0 Å². The molecular formula is C20H26N2O4. The number of nitrogens with two attached hydrogens (primary N) is 1. The minimum Gasteiger partial charge on any atom is -0.544 e. The van der Waals surface area contributed by atoms with E-state index in [9.17, 15) is 14.7 Å². The molecule has 0 heterocycles. The molecule has 140 valence electrons. The zero-order chi connectivity index (χ0) is 18.9. The van der Waals surface area contributed by atoms with E-state index in [4.69, 9.17) is 4.74 Å². The van der Waals surface area contributed by atoms with Gasteiger partial charge in [0.05, 0.1) is 31.6 Å². The number of rotatable bonds is 10. The second-order valence-corrected chi connectivity index (χ2v) is 6.50. The van der Waals surface area contributed by atoms with E-state index < -0.39 is 12.0 Å². The lowest BCUT2D eigenvalue weighted by molar-refractivity contribution is -0.682. The highest BCUT2D eigenvalue weighted by atomic mass is 16.5. The van der Waals surface area contributed by atoms with E-state index >= 15 is 0 Å². The number of nitrogens with one attached hydrogen (secondary N) is 1. The Bertz CT molecular complexity index is 740. The van der Waals surface area contributed by atoms with Crippen LogP contribution in [0.5, 0.6) is 0 Å². The number of carboxylic acids is 1. The van der Waals surface area contributed by atoms with Gasteiger partial charge in [0.15, 0.2) is 0 Å². The maximum atomic E-state index is 12.3. The molecule has 0 radical (unpaired) electrons. The molecule has 0 spiro atoms. The Morgan fingerprint density at radius 3 is 2.62 bits per heavy atom. The minimum atomic E-state index is -1.23. The number of ether oxygens (including phenoxy) is 1. The molecule has 1 atom stereocenters. The lowest BCUT2D eigenvalue weighted by Gasteiger charge is -2.17. The van der Waals surface area contributed by atoms with Crippen molar-refractivity contribution >= 4 is 28.3 Å². The summed E-state index contributed by atoms with van der Waals surface area (Å²) in [7, 11) is 0. The number of carbonyl (C=O) groups excluding carboxylic acids is 2. The molecule has 26 heavy (non-hydrogen) atoms. The molecule has 0 fully saturated rings. The van der Waals surface area contributed by atoms with Crippen molar-refractivity contribution < 1.29 is 24.7 Å². The Labute approximate surface area is 153 Å². The molecule has 6 nitrogen and oxygen atoms in total. The van der Waals surface area contributed by atoms with Crippen molar-refractivity contribution in [3.63, 3.8) is 0 Å². The lowest BCUT2D eigenvalue weighted by Crippen LogP contribution is -2.93. The molecule has 2 aromatic carbocycles. The van der Waals surface area contributed by atoms with Crippen molar-refractivity contribution in [3.8, 4) is 0 Å². The number of quaternary nitrogens is 1. The van der Waals surface area contributed by atoms with Gasteiger partial charge in [0.25, 0.3) is 0 Å². The number of hydrogen-bond acceptors (Lipinski definition) is 4. The molecule has 0 aliphatic heterocycles. The molecular weight excluding hydrogens is 332 g/mol. The summed E-state index contributed by atoms with van der Waals surface area (Å²) in [6, 6.07) is 12.4. The molecule has 0 aliphatic rings. The molecule has 2 rings (SSSR count). The SMILES string of the molecule is CC(C)OCCC[NH2+][C@@H](CC(=O)Nc1cccc2ccccc12)C(=O)[O-]. The summed E-state index contributed by atoms with van der Waals surface area (Å²) < 4.78 is 5.42. The third-order valence-corrected chi connectivity index (χ3v) is 4.02. The Morgan fingerprint density at radius 1 is 1.15 bits per heavy atom. The van der Waals surface area contributed by atoms with E-state index in [2.05, 4.69) is 5.32 Å². The molecule has 1 amide bonds. The van der Waals surface area contributed by atoms with Gasteiger partial charge in [0, 0.05) is 17.5 Å². The van der Waals surface area contributed by atoms with Gasteiger partial charge in [0.1, 0.15) is 6.04 Å². The van der Waals surface area contributed by atoms with Gasteiger partial charge in [-0.05, 0) is 25.3 Å². The lowest BCUT2D eigenvalue weighted by atomic mass is 10.1.